The van der Waals surface area contributed by atoms with Crippen LogP contribution in [0.15, 0.2) is 12.1 Å². The summed E-state index contributed by atoms with van der Waals surface area (Å²) in [6.45, 7) is 4.14. The van der Waals surface area contributed by atoms with Crippen LogP contribution in [-0.4, -0.2) is 46.6 Å². The third kappa shape index (κ3) is 1.59. The monoisotopic (exact) mass is 339 g/mol. The molecule has 4 heteroatoms. The number of aliphatic hydroxyl groups is 1. The molecule has 132 valence electrons. The van der Waals surface area contributed by atoms with Crippen LogP contribution >= 0.6 is 0 Å². The standard InChI is InChI=1S/C21H25NO3/c1-12-2-5-14-10-16-21(24)7-6-15(23)19-20(21,17(14)18(12)25-19)8-9-22(16)11-13-3-4-13/h2,5,13,16,19,24H,3-4,6-11H2,1H3/t16-,19+,20+,21-/m1/s1. The Morgan fingerprint density at radius 1 is 1.32 bits per heavy atom. The third-order valence-electron chi connectivity index (χ3n) is 7.78. The summed E-state index contributed by atoms with van der Waals surface area (Å²) in [6.07, 6.45) is 4.94. The molecule has 3 fully saturated rings. The second-order valence-corrected chi connectivity index (χ2v) is 9.01. The summed E-state index contributed by atoms with van der Waals surface area (Å²) in [5.74, 6) is 1.89. The number of piperidine rings is 1. The first-order chi connectivity index (χ1) is 12.0. The van der Waals surface area contributed by atoms with Crippen LogP contribution < -0.4 is 4.74 Å². The number of nitrogens with zero attached hydrogens (tertiary/aromatic N) is 1. The summed E-state index contributed by atoms with van der Waals surface area (Å²) in [6, 6.07) is 4.47. The lowest BCUT2D eigenvalue weighted by molar-refractivity contribution is -0.188. The second kappa shape index (κ2) is 4.47. The van der Waals surface area contributed by atoms with Gasteiger partial charge in [0.05, 0.1) is 11.0 Å². The topological polar surface area (TPSA) is 49.8 Å². The molecule has 1 N–H and O–H groups in total. The average molecular weight is 339 g/mol. The van der Waals surface area contributed by atoms with Gasteiger partial charge in [0.2, 0.25) is 0 Å². The summed E-state index contributed by atoms with van der Waals surface area (Å²) in [4.78, 5) is 15.3. The summed E-state index contributed by atoms with van der Waals surface area (Å²) in [5, 5.41) is 12.1. The molecule has 0 amide bonds. The van der Waals surface area contributed by atoms with Crippen molar-refractivity contribution in [1.82, 2.24) is 4.90 Å². The molecule has 0 radical (unpaired) electrons. The number of benzene rings is 1. The number of aryl methyl sites for hydroxylation is 1. The molecule has 1 spiro atoms. The molecule has 5 aliphatic rings. The smallest absolute Gasteiger partial charge is 0.174 e. The lowest BCUT2D eigenvalue weighted by Crippen LogP contribution is -2.76. The predicted molar refractivity (Wildman–Crippen MR) is 92.9 cm³/mol. The molecular formula is C21H25NO3. The van der Waals surface area contributed by atoms with Gasteiger partial charge in [0.1, 0.15) is 5.75 Å². The van der Waals surface area contributed by atoms with Crippen LogP contribution in [0.2, 0.25) is 0 Å². The predicted octanol–water partition coefficient (Wildman–Crippen LogP) is 2.13. The molecule has 25 heavy (non-hydrogen) atoms. The van der Waals surface area contributed by atoms with Crippen molar-refractivity contribution in [3.63, 3.8) is 0 Å². The Morgan fingerprint density at radius 2 is 2.16 bits per heavy atom. The van der Waals surface area contributed by atoms with Crippen molar-refractivity contribution in [2.45, 2.75) is 68.6 Å². The minimum absolute atomic E-state index is 0.127. The number of ketones is 1. The molecule has 2 heterocycles. The molecule has 4 nitrogen and oxygen atoms in total. The van der Waals surface area contributed by atoms with Crippen molar-refractivity contribution < 1.29 is 14.6 Å². The number of ether oxygens (including phenoxy) is 1. The van der Waals surface area contributed by atoms with Crippen molar-refractivity contribution in [3.05, 3.63) is 28.8 Å². The Hall–Kier alpha value is -1.39. The van der Waals surface area contributed by atoms with Crippen LogP contribution in [-0.2, 0) is 16.6 Å². The van der Waals surface area contributed by atoms with Crippen LogP contribution in [0.1, 0.15) is 48.8 Å². The van der Waals surface area contributed by atoms with E-state index in [4.69, 9.17) is 4.74 Å². The quantitative estimate of drug-likeness (QED) is 0.897. The molecule has 6 rings (SSSR count). The normalized spacial score (nSPS) is 41.4. The number of hydrogen-bond acceptors (Lipinski definition) is 4. The van der Waals surface area contributed by atoms with Crippen molar-refractivity contribution in [1.29, 1.82) is 0 Å². The number of hydrogen-bond donors (Lipinski definition) is 1. The minimum atomic E-state index is -0.829. The van der Waals surface area contributed by atoms with Crippen LogP contribution in [0.4, 0.5) is 0 Å². The third-order valence-corrected chi connectivity index (χ3v) is 7.78. The summed E-state index contributed by atoms with van der Waals surface area (Å²) in [7, 11) is 0. The van der Waals surface area contributed by atoms with Crippen molar-refractivity contribution >= 4 is 5.78 Å². The Bertz CT molecular complexity index is 801. The highest BCUT2D eigenvalue weighted by atomic mass is 16.5. The molecule has 1 saturated heterocycles. The van der Waals surface area contributed by atoms with Gasteiger partial charge in [-0.25, -0.2) is 0 Å². The van der Waals surface area contributed by atoms with Crippen molar-refractivity contribution in [3.8, 4) is 5.75 Å². The zero-order chi connectivity index (χ0) is 17.0. The van der Waals surface area contributed by atoms with Crippen molar-refractivity contribution in [2.24, 2.45) is 5.92 Å². The molecule has 0 unspecified atom stereocenters. The number of carbonyl (C=O) groups is 1. The zero-order valence-electron chi connectivity index (χ0n) is 14.8. The van der Waals surface area contributed by atoms with Gasteiger partial charge in [-0.05, 0) is 62.6 Å². The summed E-state index contributed by atoms with van der Waals surface area (Å²) >= 11 is 0. The van der Waals surface area contributed by atoms with E-state index in [0.29, 0.717) is 12.8 Å². The largest absolute Gasteiger partial charge is 0.481 e. The van der Waals surface area contributed by atoms with Crippen LogP contribution in [0.25, 0.3) is 0 Å². The van der Waals surface area contributed by atoms with Gasteiger partial charge in [-0.1, -0.05) is 12.1 Å². The number of rotatable bonds is 2. The number of likely N-dealkylation sites (tertiary alicyclic amines) is 1. The molecule has 2 saturated carbocycles. The minimum Gasteiger partial charge on any atom is -0.481 e. The lowest BCUT2D eigenvalue weighted by atomic mass is 9.49. The fourth-order valence-corrected chi connectivity index (χ4v) is 6.41. The van der Waals surface area contributed by atoms with Crippen LogP contribution in [0.5, 0.6) is 5.75 Å². The Morgan fingerprint density at radius 3 is 2.96 bits per heavy atom. The van der Waals surface area contributed by atoms with E-state index < -0.39 is 17.1 Å². The molecule has 3 aliphatic carbocycles. The van der Waals surface area contributed by atoms with Gasteiger partial charge in [-0.3, -0.25) is 9.69 Å². The first kappa shape index (κ1) is 14.7. The number of carbonyl (C=O) groups excluding carboxylic acids is 1. The highest BCUT2D eigenvalue weighted by Gasteiger charge is 2.72. The van der Waals surface area contributed by atoms with Gasteiger partial charge in [0.25, 0.3) is 0 Å². The molecule has 1 aromatic rings. The summed E-state index contributed by atoms with van der Waals surface area (Å²) in [5.41, 5.74) is 2.23. The van der Waals surface area contributed by atoms with E-state index in [1.165, 1.54) is 24.0 Å². The van der Waals surface area contributed by atoms with Crippen molar-refractivity contribution in [2.75, 3.05) is 13.1 Å². The van der Waals surface area contributed by atoms with Gasteiger partial charge < -0.3 is 9.84 Å². The molecular weight excluding hydrogens is 314 g/mol. The second-order valence-electron chi connectivity index (χ2n) is 9.01. The molecule has 1 aromatic carbocycles. The van der Waals surface area contributed by atoms with Gasteiger partial charge in [0.15, 0.2) is 11.9 Å². The highest BCUT2D eigenvalue weighted by molar-refractivity contribution is 5.89. The van der Waals surface area contributed by atoms with E-state index in [1.54, 1.807) is 0 Å². The molecule has 4 atom stereocenters. The maximum absolute atomic E-state index is 12.8. The maximum atomic E-state index is 12.8. The van der Waals surface area contributed by atoms with Crippen LogP contribution in [0.3, 0.4) is 0 Å². The Labute approximate surface area is 148 Å². The van der Waals surface area contributed by atoms with Gasteiger partial charge in [-0.2, -0.15) is 0 Å². The lowest BCUT2D eigenvalue weighted by Gasteiger charge is -2.62. The van der Waals surface area contributed by atoms with Crippen LogP contribution in [0, 0.1) is 12.8 Å². The first-order valence-electron chi connectivity index (χ1n) is 9.83. The van der Waals surface area contributed by atoms with E-state index in [1.807, 2.05) is 0 Å². The van der Waals surface area contributed by atoms with E-state index >= 15 is 0 Å². The zero-order valence-corrected chi connectivity index (χ0v) is 14.8. The van der Waals surface area contributed by atoms with E-state index in [9.17, 15) is 9.90 Å². The van der Waals surface area contributed by atoms with E-state index in [2.05, 4.69) is 24.0 Å². The van der Waals surface area contributed by atoms with Gasteiger partial charge >= 0.3 is 0 Å². The van der Waals surface area contributed by atoms with Gasteiger partial charge in [0, 0.05) is 24.6 Å². The Kier molecular flexibility index (Phi) is 2.64. The van der Waals surface area contributed by atoms with E-state index in [-0.39, 0.29) is 11.8 Å². The molecule has 0 aromatic heterocycles. The highest BCUT2D eigenvalue weighted by Crippen LogP contribution is 2.64. The maximum Gasteiger partial charge on any atom is 0.174 e. The first-order valence-corrected chi connectivity index (χ1v) is 9.83. The SMILES string of the molecule is Cc1ccc2c3c1O[C@H]1C(=O)CC[C@@]4(O)[C@@H](C2)N(CC2CC2)CC[C@]314. The van der Waals surface area contributed by atoms with Gasteiger partial charge in [-0.15, -0.1) is 0 Å². The average Bonchev–Trinajstić information content (AvgIpc) is 3.32. The summed E-state index contributed by atoms with van der Waals surface area (Å²) < 4.78 is 6.29. The fourth-order valence-electron chi connectivity index (χ4n) is 6.41. The van der Waals surface area contributed by atoms with E-state index in [0.717, 1.165) is 43.2 Å². The number of Topliss-reactive ketones (excluding diaryl/α,β-unsaturated/α-hetero) is 1. The Balaban J connectivity index is 1.58. The fraction of sp³-hybridized carbons (Fsp3) is 0.667. The molecule has 2 bridgehead atoms. The molecule has 2 aliphatic heterocycles.